The predicted molar refractivity (Wildman–Crippen MR) is 125 cm³/mol. The van der Waals surface area contributed by atoms with Crippen LogP contribution in [-0.2, 0) is 0 Å². The van der Waals surface area contributed by atoms with Gasteiger partial charge in [0.15, 0.2) is 0 Å². The van der Waals surface area contributed by atoms with E-state index in [1.54, 1.807) is 30.3 Å². The molecule has 1 heterocycles. The van der Waals surface area contributed by atoms with E-state index >= 15 is 0 Å². The van der Waals surface area contributed by atoms with E-state index in [0.29, 0.717) is 23.9 Å². The van der Waals surface area contributed by atoms with E-state index in [4.69, 9.17) is 4.42 Å². The van der Waals surface area contributed by atoms with Crippen molar-refractivity contribution >= 4 is 5.91 Å². The molecule has 1 amide bonds. The van der Waals surface area contributed by atoms with Gasteiger partial charge in [0, 0.05) is 23.2 Å². The molecule has 0 fully saturated rings. The predicted octanol–water partition coefficient (Wildman–Crippen LogP) is 4.88. The second kappa shape index (κ2) is 9.75. The van der Waals surface area contributed by atoms with Crippen molar-refractivity contribution in [3.8, 4) is 22.9 Å². The van der Waals surface area contributed by atoms with E-state index in [-0.39, 0.29) is 17.8 Å². The molecule has 0 bridgehead atoms. The third-order valence-corrected chi connectivity index (χ3v) is 5.40. The fourth-order valence-electron chi connectivity index (χ4n) is 3.60. The topological polar surface area (TPSA) is 71.3 Å². The highest BCUT2D eigenvalue weighted by atomic mass is 19.1. The number of benzene rings is 3. The van der Waals surface area contributed by atoms with Gasteiger partial charge < -0.3 is 14.6 Å². The van der Waals surface area contributed by atoms with Crippen LogP contribution in [0.2, 0.25) is 0 Å². The van der Waals surface area contributed by atoms with Crippen LogP contribution in [0.15, 0.2) is 77.2 Å². The lowest BCUT2D eigenvalue weighted by Crippen LogP contribution is -2.34. The Morgan fingerprint density at radius 1 is 0.970 bits per heavy atom. The van der Waals surface area contributed by atoms with Crippen molar-refractivity contribution in [1.82, 2.24) is 20.4 Å². The zero-order chi connectivity index (χ0) is 23.4. The maximum Gasteiger partial charge on any atom is 0.251 e. The van der Waals surface area contributed by atoms with Crippen molar-refractivity contribution < 1.29 is 13.6 Å². The zero-order valence-electron chi connectivity index (χ0n) is 18.7. The molecule has 0 aliphatic heterocycles. The molecule has 0 saturated heterocycles. The second-order valence-corrected chi connectivity index (χ2v) is 8.10. The number of hydrogen-bond acceptors (Lipinski definition) is 5. The van der Waals surface area contributed by atoms with Crippen LogP contribution in [-0.4, -0.2) is 41.6 Å². The Labute approximate surface area is 192 Å². The third-order valence-electron chi connectivity index (χ3n) is 5.40. The number of aryl methyl sites for hydroxylation is 1. The molecule has 0 saturated carbocycles. The van der Waals surface area contributed by atoms with Gasteiger partial charge in [-0.05, 0) is 75.1 Å². The summed E-state index contributed by atoms with van der Waals surface area (Å²) in [5.41, 5.74) is 4.00. The monoisotopic (exact) mass is 444 g/mol. The minimum atomic E-state index is -0.298. The Morgan fingerprint density at radius 2 is 1.67 bits per heavy atom. The standard InChI is InChI=1S/C26H25FN4O2/c1-17-6-4-8-21(14-17)26-30-29-25(33-26)19-12-10-18(11-13-19)24(32)28-16-23(31(2)3)20-7-5-9-22(27)15-20/h4-15,23H,16H2,1-3H3,(H,28,32)/t23-/m1/s1. The van der Waals surface area contributed by atoms with Gasteiger partial charge in [0.1, 0.15) is 5.82 Å². The summed E-state index contributed by atoms with van der Waals surface area (Å²) in [6.07, 6.45) is 0. The Kier molecular flexibility index (Phi) is 6.60. The molecule has 1 N–H and O–H groups in total. The first kappa shape index (κ1) is 22.4. The number of amides is 1. The Balaban J connectivity index is 1.43. The molecule has 4 aromatic rings. The first-order chi connectivity index (χ1) is 15.9. The molecule has 0 spiro atoms. The number of carbonyl (C=O) groups excluding carboxylic acids is 1. The van der Waals surface area contributed by atoms with Gasteiger partial charge in [-0.15, -0.1) is 10.2 Å². The number of nitrogens with one attached hydrogen (secondary N) is 1. The SMILES string of the molecule is Cc1cccc(-c2nnc(-c3ccc(C(=O)NC[C@H](c4cccc(F)c4)N(C)C)cc3)o2)c1. The number of carbonyl (C=O) groups is 1. The maximum atomic E-state index is 13.6. The zero-order valence-corrected chi connectivity index (χ0v) is 18.7. The van der Waals surface area contributed by atoms with Crippen molar-refractivity contribution in [1.29, 1.82) is 0 Å². The molecule has 0 aliphatic rings. The van der Waals surface area contributed by atoms with E-state index in [2.05, 4.69) is 15.5 Å². The van der Waals surface area contributed by atoms with Crippen LogP contribution in [0.5, 0.6) is 0 Å². The normalized spacial score (nSPS) is 12.0. The van der Waals surface area contributed by atoms with Crippen LogP contribution < -0.4 is 5.32 Å². The molecule has 1 atom stereocenters. The van der Waals surface area contributed by atoms with Gasteiger partial charge in [0.25, 0.3) is 5.91 Å². The van der Waals surface area contributed by atoms with Crippen LogP contribution in [0, 0.1) is 12.7 Å². The molecule has 1 aromatic heterocycles. The van der Waals surface area contributed by atoms with Crippen molar-refractivity contribution in [3.63, 3.8) is 0 Å². The lowest BCUT2D eigenvalue weighted by atomic mass is 10.1. The second-order valence-electron chi connectivity index (χ2n) is 8.10. The minimum absolute atomic E-state index is 0.151. The number of rotatable bonds is 7. The highest BCUT2D eigenvalue weighted by Crippen LogP contribution is 2.25. The third kappa shape index (κ3) is 5.32. The molecule has 3 aromatic carbocycles. The largest absolute Gasteiger partial charge is 0.416 e. The summed E-state index contributed by atoms with van der Waals surface area (Å²) >= 11 is 0. The lowest BCUT2D eigenvalue weighted by molar-refractivity contribution is 0.0942. The molecule has 168 valence electrons. The fraction of sp³-hybridized carbons (Fsp3) is 0.192. The van der Waals surface area contributed by atoms with Crippen LogP contribution in [0.1, 0.15) is 27.5 Å². The summed E-state index contributed by atoms with van der Waals surface area (Å²) in [6, 6.07) is 21.1. The molecule has 4 rings (SSSR count). The van der Waals surface area contributed by atoms with Gasteiger partial charge >= 0.3 is 0 Å². The van der Waals surface area contributed by atoms with Crippen LogP contribution in [0.3, 0.4) is 0 Å². The Hall–Kier alpha value is -3.84. The van der Waals surface area contributed by atoms with E-state index in [1.165, 1.54) is 12.1 Å². The smallest absolute Gasteiger partial charge is 0.251 e. The summed E-state index contributed by atoms with van der Waals surface area (Å²) in [5.74, 6) is 0.323. The van der Waals surface area contributed by atoms with E-state index in [0.717, 1.165) is 22.3 Å². The molecule has 7 heteroatoms. The molecule has 33 heavy (non-hydrogen) atoms. The maximum absolute atomic E-state index is 13.6. The van der Waals surface area contributed by atoms with E-state index < -0.39 is 0 Å². The average molecular weight is 445 g/mol. The highest BCUT2D eigenvalue weighted by Gasteiger charge is 2.17. The summed E-state index contributed by atoms with van der Waals surface area (Å²) in [5, 5.41) is 11.2. The molecule has 6 nitrogen and oxygen atoms in total. The number of nitrogens with zero attached hydrogens (tertiary/aromatic N) is 3. The number of hydrogen-bond donors (Lipinski definition) is 1. The fourth-order valence-corrected chi connectivity index (χ4v) is 3.60. The van der Waals surface area contributed by atoms with Gasteiger partial charge in [-0.3, -0.25) is 4.79 Å². The van der Waals surface area contributed by atoms with Crippen molar-refractivity contribution in [2.45, 2.75) is 13.0 Å². The van der Waals surface area contributed by atoms with Crippen LogP contribution in [0.4, 0.5) is 4.39 Å². The van der Waals surface area contributed by atoms with Gasteiger partial charge in [0.05, 0.1) is 6.04 Å². The lowest BCUT2D eigenvalue weighted by Gasteiger charge is -2.25. The molecule has 0 radical (unpaired) electrons. The average Bonchev–Trinajstić information content (AvgIpc) is 3.29. The van der Waals surface area contributed by atoms with Crippen molar-refractivity contribution in [3.05, 3.63) is 95.3 Å². The van der Waals surface area contributed by atoms with Crippen molar-refractivity contribution in [2.75, 3.05) is 20.6 Å². The first-order valence-electron chi connectivity index (χ1n) is 10.6. The van der Waals surface area contributed by atoms with Gasteiger partial charge in [-0.2, -0.15) is 0 Å². The highest BCUT2D eigenvalue weighted by molar-refractivity contribution is 5.94. The molecular formula is C26H25FN4O2. The number of halogens is 1. The van der Waals surface area contributed by atoms with Gasteiger partial charge in [-0.1, -0.05) is 29.8 Å². The number of aromatic nitrogens is 2. The van der Waals surface area contributed by atoms with Crippen molar-refractivity contribution in [2.24, 2.45) is 0 Å². The van der Waals surface area contributed by atoms with Gasteiger partial charge in [-0.25, -0.2) is 4.39 Å². The quantitative estimate of drug-likeness (QED) is 0.440. The summed E-state index contributed by atoms with van der Waals surface area (Å²) in [7, 11) is 3.79. The Bertz CT molecular complexity index is 1250. The molecule has 0 unspecified atom stereocenters. The first-order valence-corrected chi connectivity index (χ1v) is 10.6. The van der Waals surface area contributed by atoms with Crippen LogP contribution >= 0.6 is 0 Å². The summed E-state index contributed by atoms with van der Waals surface area (Å²) < 4.78 is 19.4. The van der Waals surface area contributed by atoms with Crippen LogP contribution in [0.25, 0.3) is 22.9 Å². The number of likely N-dealkylation sites (N-methyl/N-ethyl adjacent to an activating group) is 1. The molecule has 0 aliphatic carbocycles. The Morgan fingerprint density at radius 3 is 2.33 bits per heavy atom. The molecular weight excluding hydrogens is 419 g/mol. The van der Waals surface area contributed by atoms with Gasteiger partial charge in [0.2, 0.25) is 11.8 Å². The minimum Gasteiger partial charge on any atom is -0.416 e. The van der Waals surface area contributed by atoms with E-state index in [9.17, 15) is 9.18 Å². The summed E-state index contributed by atoms with van der Waals surface area (Å²) in [4.78, 5) is 14.6. The summed E-state index contributed by atoms with van der Waals surface area (Å²) in [6.45, 7) is 2.35. The van der Waals surface area contributed by atoms with E-state index in [1.807, 2.05) is 56.3 Å².